The van der Waals surface area contributed by atoms with Crippen LogP contribution in [0.1, 0.15) is 0 Å². The van der Waals surface area contributed by atoms with Gasteiger partial charge in [0.15, 0.2) is 11.5 Å². The summed E-state index contributed by atoms with van der Waals surface area (Å²) in [6.45, 7) is 0. The zero-order chi connectivity index (χ0) is 18.8. The number of pyridine rings is 1. The summed E-state index contributed by atoms with van der Waals surface area (Å²) in [6, 6.07) is 24.4. The van der Waals surface area contributed by atoms with E-state index in [4.69, 9.17) is 15.2 Å². The lowest BCUT2D eigenvalue weighted by Crippen LogP contribution is -1.96. The molecule has 4 rings (SSSR count). The van der Waals surface area contributed by atoms with E-state index in [0.29, 0.717) is 17.3 Å². The standard InChI is InChI=1S/C23H20N2O2/c1-26-21-12-19-18(13-23(24)25-20(19)14-22(21)27-2)17-10-6-9-16(11-17)15-7-4-3-5-8-15/h3-14H,1-2H3,(H2,24,25). The fraction of sp³-hybridized carbons (Fsp3) is 0.0870. The molecule has 1 heterocycles. The molecule has 0 unspecified atom stereocenters. The number of ether oxygens (including phenoxy) is 2. The van der Waals surface area contributed by atoms with Gasteiger partial charge in [0, 0.05) is 11.5 Å². The molecule has 4 heteroatoms. The smallest absolute Gasteiger partial charge is 0.162 e. The highest BCUT2D eigenvalue weighted by molar-refractivity contribution is 5.98. The second-order valence-electron chi connectivity index (χ2n) is 6.27. The summed E-state index contributed by atoms with van der Waals surface area (Å²) in [4.78, 5) is 4.47. The van der Waals surface area contributed by atoms with Crippen molar-refractivity contribution in [3.05, 3.63) is 72.8 Å². The molecule has 0 aliphatic rings. The van der Waals surface area contributed by atoms with Crippen molar-refractivity contribution in [2.75, 3.05) is 20.0 Å². The van der Waals surface area contributed by atoms with Crippen molar-refractivity contribution < 1.29 is 9.47 Å². The highest BCUT2D eigenvalue weighted by Crippen LogP contribution is 2.38. The molecule has 2 N–H and O–H groups in total. The van der Waals surface area contributed by atoms with Crippen molar-refractivity contribution in [1.82, 2.24) is 4.98 Å². The molecule has 0 atom stereocenters. The zero-order valence-electron chi connectivity index (χ0n) is 15.3. The maximum atomic E-state index is 6.09. The number of fused-ring (bicyclic) bond motifs is 1. The van der Waals surface area contributed by atoms with Gasteiger partial charge in [0.2, 0.25) is 0 Å². The van der Waals surface area contributed by atoms with Crippen molar-refractivity contribution in [3.8, 4) is 33.8 Å². The first-order valence-electron chi connectivity index (χ1n) is 8.67. The summed E-state index contributed by atoms with van der Waals surface area (Å²) in [6.07, 6.45) is 0. The Balaban J connectivity index is 1.94. The third-order valence-electron chi connectivity index (χ3n) is 4.61. The van der Waals surface area contributed by atoms with E-state index in [-0.39, 0.29) is 0 Å². The van der Waals surface area contributed by atoms with Gasteiger partial charge in [-0.25, -0.2) is 4.98 Å². The van der Waals surface area contributed by atoms with Gasteiger partial charge in [0.25, 0.3) is 0 Å². The Labute approximate surface area is 158 Å². The molecule has 134 valence electrons. The van der Waals surface area contributed by atoms with Crippen LogP contribution in [0.2, 0.25) is 0 Å². The number of nitrogen functional groups attached to an aromatic ring is 1. The van der Waals surface area contributed by atoms with Crippen LogP contribution in [0.4, 0.5) is 5.82 Å². The van der Waals surface area contributed by atoms with Crippen molar-refractivity contribution >= 4 is 16.7 Å². The SMILES string of the molecule is COc1cc2nc(N)cc(-c3cccc(-c4ccccc4)c3)c2cc1OC. The van der Waals surface area contributed by atoms with Gasteiger partial charge in [0.05, 0.1) is 19.7 Å². The molecule has 1 aromatic heterocycles. The van der Waals surface area contributed by atoms with E-state index >= 15 is 0 Å². The normalized spacial score (nSPS) is 10.7. The van der Waals surface area contributed by atoms with Crippen LogP contribution in [-0.2, 0) is 0 Å². The molecule has 3 aromatic carbocycles. The number of hydrogen-bond donors (Lipinski definition) is 1. The molecular weight excluding hydrogens is 336 g/mol. The second-order valence-corrected chi connectivity index (χ2v) is 6.27. The molecule has 0 bridgehead atoms. The van der Waals surface area contributed by atoms with Crippen molar-refractivity contribution in [1.29, 1.82) is 0 Å². The molecule has 27 heavy (non-hydrogen) atoms. The Morgan fingerprint density at radius 2 is 1.37 bits per heavy atom. The number of benzene rings is 3. The highest BCUT2D eigenvalue weighted by atomic mass is 16.5. The topological polar surface area (TPSA) is 57.4 Å². The predicted molar refractivity (Wildman–Crippen MR) is 110 cm³/mol. The molecule has 0 amide bonds. The lowest BCUT2D eigenvalue weighted by molar-refractivity contribution is 0.356. The molecule has 0 aliphatic heterocycles. The molecule has 0 radical (unpaired) electrons. The van der Waals surface area contributed by atoms with E-state index in [9.17, 15) is 0 Å². The summed E-state index contributed by atoms with van der Waals surface area (Å²) in [7, 11) is 3.24. The van der Waals surface area contributed by atoms with E-state index in [1.807, 2.05) is 36.4 Å². The fourth-order valence-corrected chi connectivity index (χ4v) is 3.31. The summed E-state index contributed by atoms with van der Waals surface area (Å²) < 4.78 is 10.9. The number of rotatable bonds is 4. The minimum atomic E-state index is 0.467. The maximum absolute atomic E-state index is 6.09. The maximum Gasteiger partial charge on any atom is 0.162 e. The summed E-state index contributed by atoms with van der Waals surface area (Å²) in [5.74, 6) is 1.76. The van der Waals surface area contributed by atoms with Crippen LogP contribution in [0.3, 0.4) is 0 Å². The van der Waals surface area contributed by atoms with E-state index in [1.54, 1.807) is 14.2 Å². The van der Waals surface area contributed by atoms with Crippen molar-refractivity contribution in [2.24, 2.45) is 0 Å². The molecule has 0 aliphatic carbocycles. The minimum absolute atomic E-state index is 0.467. The Morgan fingerprint density at radius 1 is 0.704 bits per heavy atom. The second kappa shape index (κ2) is 7.00. The number of anilines is 1. The quantitative estimate of drug-likeness (QED) is 0.548. The van der Waals surface area contributed by atoms with Gasteiger partial charge < -0.3 is 15.2 Å². The van der Waals surface area contributed by atoms with E-state index < -0.39 is 0 Å². The van der Waals surface area contributed by atoms with Gasteiger partial charge >= 0.3 is 0 Å². The Kier molecular flexibility index (Phi) is 4.38. The van der Waals surface area contributed by atoms with Crippen LogP contribution < -0.4 is 15.2 Å². The summed E-state index contributed by atoms with van der Waals surface area (Å²) in [5.41, 5.74) is 11.3. The Morgan fingerprint density at radius 3 is 2.11 bits per heavy atom. The third-order valence-corrected chi connectivity index (χ3v) is 4.61. The first kappa shape index (κ1) is 16.9. The lowest BCUT2D eigenvalue weighted by Gasteiger charge is -2.13. The van der Waals surface area contributed by atoms with Gasteiger partial charge in [0.1, 0.15) is 5.82 Å². The molecule has 4 nitrogen and oxygen atoms in total. The number of hydrogen-bond acceptors (Lipinski definition) is 4. The lowest BCUT2D eigenvalue weighted by atomic mass is 9.96. The highest BCUT2D eigenvalue weighted by Gasteiger charge is 2.13. The summed E-state index contributed by atoms with van der Waals surface area (Å²) >= 11 is 0. The molecule has 0 saturated carbocycles. The van der Waals surface area contributed by atoms with Gasteiger partial charge in [-0.15, -0.1) is 0 Å². The average Bonchev–Trinajstić information content (AvgIpc) is 2.73. The number of nitrogens with zero attached hydrogens (tertiary/aromatic N) is 1. The predicted octanol–water partition coefficient (Wildman–Crippen LogP) is 5.17. The minimum Gasteiger partial charge on any atom is -0.493 e. The molecule has 0 spiro atoms. The zero-order valence-corrected chi connectivity index (χ0v) is 15.3. The molecule has 0 saturated heterocycles. The monoisotopic (exact) mass is 356 g/mol. The van der Waals surface area contributed by atoms with E-state index in [1.165, 1.54) is 5.56 Å². The van der Waals surface area contributed by atoms with E-state index in [0.717, 1.165) is 27.6 Å². The van der Waals surface area contributed by atoms with Gasteiger partial charge in [-0.3, -0.25) is 0 Å². The van der Waals surface area contributed by atoms with Crippen LogP contribution in [0.5, 0.6) is 11.5 Å². The van der Waals surface area contributed by atoms with Crippen LogP contribution >= 0.6 is 0 Å². The largest absolute Gasteiger partial charge is 0.493 e. The van der Waals surface area contributed by atoms with Gasteiger partial charge in [-0.05, 0) is 40.5 Å². The van der Waals surface area contributed by atoms with Gasteiger partial charge in [-0.2, -0.15) is 0 Å². The Bertz CT molecular complexity index is 1110. The third kappa shape index (κ3) is 3.17. The molecule has 4 aromatic rings. The van der Waals surface area contributed by atoms with Crippen LogP contribution in [0.25, 0.3) is 33.2 Å². The first-order chi connectivity index (χ1) is 13.2. The molecular formula is C23H20N2O2. The van der Waals surface area contributed by atoms with Crippen LogP contribution in [0.15, 0.2) is 72.8 Å². The number of nitrogens with two attached hydrogens (primary N) is 1. The van der Waals surface area contributed by atoms with Crippen molar-refractivity contribution in [3.63, 3.8) is 0 Å². The van der Waals surface area contributed by atoms with Gasteiger partial charge in [-0.1, -0.05) is 48.5 Å². The van der Waals surface area contributed by atoms with E-state index in [2.05, 4.69) is 41.4 Å². The van der Waals surface area contributed by atoms with Crippen LogP contribution in [-0.4, -0.2) is 19.2 Å². The van der Waals surface area contributed by atoms with Crippen LogP contribution in [0, 0.1) is 0 Å². The Hall–Kier alpha value is -3.53. The first-order valence-corrected chi connectivity index (χ1v) is 8.67. The number of aromatic nitrogens is 1. The fourth-order valence-electron chi connectivity index (χ4n) is 3.31. The molecule has 0 fully saturated rings. The number of methoxy groups -OCH3 is 2. The summed E-state index contributed by atoms with van der Waals surface area (Å²) in [5, 5.41) is 0.965. The average molecular weight is 356 g/mol. The van der Waals surface area contributed by atoms with Crippen molar-refractivity contribution in [2.45, 2.75) is 0 Å².